The third-order valence-corrected chi connectivity index (χ3v) is 1.74. The van der Waals surface area contributed by atoms with Crippen LogP contribution in [0.5, 0.6) is 0 Å². The van der Waals surface area contributed by atoms with E-state index in [-0.39, 0.29) is 23.8 Å². The van der Waals surface area contributed by atoms with Crippen LogP contribution in [0.2, 0.25) is 0 Å². The van der Waals surface area contributed by atoms with Crippen LogP contribution in [-0.2, 0) is 14.3 Å². The minimum atomic E-state index is -0.341. The van der Waals surface area contributed by atoms with Crippen LogP contribution < -0.4 is 0 Å². The highest BCUT2D eigenvalue weighted by Gasteiger charge is 2.52. The Balaban J connectivity index is 2.17. The number of Topliss-reactive ketones (excluding diaryl/α,β-unsaturated/α-hetero) is 2. The van der Waals surface area contributed by atoms with Crippen molar-refractivity contribution in [1.29, 1.82) is 0 Å². The summed E-state index contributed by atoms with van der Waals surface area (Å²) in [6, 6.07) is 0. The van der Waals surface area contributed by atoms with Gasteiger partial charge in [-0.2, -0.15) is 0 Å². The third-order valence-electron chi connectivity index (χ3n) is 1.74. The second kappa shape index (κ2) is 1.42. The molecule has 48 valence electrons. The fraction of sp³-hybridized carbons (Fsp3) is 0.667. The first-order valence-corrected chi connectivity index (χ1v) is 3.00. The number of epoxide rings is 1. The summed E-state index contributed by atoms with van der Waals surface area (Å²) in [6.07, 6.45) is 0.0949. The van der Waals surface area contributed by atoms with Gasteiger partial charge in [-0.25, -0.2) is 0 Å². The highest BCUT2D eigenvalue weighted by Crippen LogP contribution is 2.30. The molecule has 2 aliphatic rings. The standard InChI is InChI=1S/C6H6O3/c7-3-1-2-4(8)6-5(3)9-6/h5-6H,1-2H2. The minimum absolute atomic E-state index is 0.0969. The van der Waals surface area contributed by atoms with Crippen LogP contribution in [0.15, 0.2) is 0 Å². The fourth-order valence-corrected chi connectivity index (χ4v) is 1.13. The zero-order valence-corrected chi connectivity index (χ0v) is 4.79. The number of carbonyl (C=O) groups is 2. The molecule has 0 spiro atoms. The van der Waals surface area contributed by atoms with Crippen molar-refractivity contribution in [1.82, 2.24) is 0 Å². The number of fused-ring (bicyclic) bond motifs is 1. The number of rotatable bonds is 0. The lowest BCUT2D eigenvalue weighted by Gasteiger charge is -1.99. The van der Waals surface area contributed by atoms with E-state index in [1.165, 1.54) is 0 Å². The Hall–Kier alpha value is -0.700. The molecule has 1 aliphatic heterocycles. The third kappa shape index (κ3) is 0.612. The Kier molecular flexibility index (Phi) is 0.805. The van der Waals surface area contributed by atoms with Crippen LogP contribution in [0.25, 0.3) is 0 Å². The maximum Gasteiger partial charge on any atom is 0.165 e. The normalized spacial score (nSPS) is 40.4. The van der Waals surface area contributed by atoms with Crippen molar-refractivity contribution in [2.24, 2.45) is 0 Å². The monoisotopic (exact) mass is 126 g/mol. The fourth-order valence-electron chi connectivity index (χ4n) is 1.13. The molecule has 0 N–H and O–H groups in total. The molecule has 2 fully saturated rings. The number of hydrogen-bond donors (Lipinski definition) is 0. The molecule has 3 heteroatoms. The number of ketones is 2. The van der Waals surface area contributed by atoms with Gasteiger partial charge in [0.1, 0.15) is 12.2 Å². The van der Waals surface area contributed by atoms with Crippen LogP contribution >= 0.6 is 0 Å². The van der Waals surface area contributed by atoms with E-state index >= 15 is 0 Å². The second-order valence-corrected chi connectivity index (χ2v) is 2.41. The van der Waals surface area contributed by atoms with Crippen molar-refractivity contribution in [2.75, 3.05) is 0 Å². The molecule has 2 atom stereocenters. The minimum Gasteiger partial charge on any atom is -0.353 e. The van der Waals surface area contributed by atoms with E-state index in [1.807, 2.05) is 0 Å². The smallest absolute Gasteiger partial charge is 0.165 e. The highest BCUT2D eigenvalue weighted by molar-refractivity contribution is 6.02. The van der Waals surface area contributed by atoms with Gasteiger partial charge in [0.05, 0.1) is 0 Å². The maximum absolute atomic E-state index is 10.7. The molecule has 0 amide bonds. The van der Waals surface area contributed by atoms with Gasteiger partial charge in [-0.3, -0.25) is 9.59 Å². The SMILES string of the molecule is O=C1CCC(=O)C2OC12. The highest BCUT2D eigenvalue weighted by atomic mass is 16.6. The molecule has 0 bridgehead atoms. The molecule has 1 saturated carbocycles. The number of carbonyl (C=O) groups excluding carboxylic acids is 2. The zero-order valence-electron chi connectivity index (χ0n) is 4.79. The quantitative estimate of drug-likeness (QED) is 0.418. The van der Waals surface area contributed by atoms with E-state index < -0.39 is 0 Å². The number of hydrogen-bond acceptors (Lipinski definition) is 3. The molecule has 2 rings (SSSR count). The molecule has 3 nitrogen and oxygen atoms in total. The molecule has 0 aromatic heterocycles. The van der Waals surface area contributed by atoms with Gasteiger partial charge in [0, 0.05) is 12.8 Å². The summed E-state index contributed by atoms with van der Waals surface area (Å²) >= 11 is 0. The molecule has 1 heterocycles. The largest absolute Gasteiger partial charge is 0.353 e. The topological polar surface area (TPSA) is 46.7 Å². The van der Waals surface area contributed by atoms with Crippen molar-refractivity contribution in [3.8, 4) is 0 Å². The molecule has 1 aliphatic carbocycles. The van der Waals surface area contributed by atoms with Crippen molar-refractivity contribution < 1.29 is 14.3 Å². The Morgan fingerprint density at radius 2 is 1.56 bits per heavy atom. The van der Waals surface area contributed by atoms with Gasteiger partial charge >= 0.3 is 0 Å². The van der Waals surface area contributed by atoms with E-state index in [0.717, 1.165) is 0 Å². The van der Waals surface area contributed by atoms with Crippen molar-refractivity contribution >= 4 is 11.6 Å². The van der Waals surface area contributed by atoms with E-state index in [2.05, 4.69) is 0 Å². The summed E-state index contributed by atoms with van der Waals surface area (Å²) < 4.78 is 4.80. The van der Waals surface area contributed by atoms with Crippen LogP contribution in [-0.4, -0.2) is 23.8 Å². The lowest BCUT2D eigenvalue weighted by Crippen LogP contribution is -2.23. The Labute approximate surface area is 52.0 Å². The zero-order chi connectivity index (χ0) is 6.43. The van der Waals surface area contributed by atoms with Crippen molar-refractivity contribution in [3.05, 3.63) is 0 Å². The summed E-state index contributed by atoms with van der Waals surface area (Å²) in [5.41, 5.74) is 0. The van der Waals surface area contributed by atoms with Gasteiger partial charge in [0.15, 0.2) is 11.6 Å². The van der Waals surface area contributed by atoms with Gasteiger partial charge in [-0.15, -0.1) is 0 Å². The molecule has 0 aromatic carbocycles. The van der Waals surface area contributed by atoms with Crippen molar-refractivity contribution in [2.45, 2.75) is 25.0 Å². The van der Waals surface area contributed by atoms with Gasteiger partial charge in [-0.1, -0.05) is 0 Å². The predicted octanol–water partition coefficient (Wildman–Crippen LogP) is -0.314. The first-order chi connectivity index (χ1) is 4.29. The van der Waals surface area contributed by atoms with Gasteiger partial charge < -0.3 is 4.74 Å². The molecule has 0 aromatic rings. The van der Waals surface area contributed by atoms with Crippen LogP contribution in [0.3, 0.4) is 0 Å². The van der Waals surface area contributed by atoms with E-state index in [0.29, 0.717) is 12.8 Å². The van der Waals surface area contributed by atoms with E-state index in [1.54, 1.807) is 0 Å². The second-order valence-electron chi connectivity index (χ2n) is 2.41. The first-order valence-electron chi connectivity index (χ1n) is 3.00. The lowest BCUT2D eigenvalue weighted by molar-refractivity contribution is -0.126. The summed E-state index contributed by atoms with van der Waals surface area (Å²) in [5, 5.41) is 0. The molecule has 9 heavy (non-hydrogen) atoms. The van der Waals surface area contributed by atoms with E-state index in [9.17, 15) is 9.59 Å². The van der Waals surface area contributed by atoms with Gasteiger partial charge in [-0.05, 0) is 0 Å². The van der Waals surface area contributed by atoms with Crippen LogP contribution in [0.4, 0.5) is 0 Å². The summed E-state index contributed by atoms with van der Waals surface area (Å²) in [7, 11) is 0. The Morgan fingerprint density at radius 1 is 1.11 bits per heavy atom. The summed E-state index contributed by atoms with van der Waals surface area (Å²) in [6.45, 7) is 0. The Morgan fingerprint density at radius 3 is 2.00 bits per heavy atom. The average Bonchev–Trinajstić information content (AvgIpc) is 2.57. The van der Waals surface area contributed by atoms with Gasteiger partial charge in [0.25, 0.3) is 0 Å². The molecule has 2 unspecified atom stereocenters. The van der Waals surface area contributed by atoms with Crippen molar-refractivity contribution in [3.63, 3.8) is 0 Å². The lowest BCUT2D eigenvalue weighted by atomic mass is 9.98. The van der Waals surface area contributed by atoms with Crippen LogP contribution in [0.1, 0.15) is 12.8 Å². The molecule has 1 saturated heterocycles. The van der Waals surface area contributed by atoms with Crippen LogP contribution in [0, 0.1) is 0 Å². The molecule has 0 radical (unpaired) electrons. The Bertz CT molecular complexity index is 165. The summed E-state index contributed by atoms with van der Waals surface area (Å²) in [5.74, 6) is 0.194. The van der Waals surface area contributed by atoms with E-state index in [4.69, 9.17) is 4.74 Å². The summed E-state index contributed by atoms with van der Waals surface area (Å²) in [4.78, 5) is 21.4. The number of ether oxygens (including phenoxy) is 1. The average molecular weight is 126 g/mol. The first kappa shape index (κ1) is 5.11. The maximum atomic E-state index is 10.7. The van der Waals surface area contributed by atoms with Gasteiger partial charge in [0.2, 0.25) is 0 Å². The molecular formula is C6H6O3. The molecular weight excluding hydrogens is 120 g/mol. The predicted molar refractivity (Wildman–Crippen MR) is 27.9 cm³/mol.